The van der Waals surface area contributed by atoms with Crippen molar-refractivity contribution in [1.82, 2.24) is 19.5 Å². The Hall–Kier alpha value is -2.69. The van der Waals surface area contributed by atoms with Crippen LogP contribution < -0.4 is 0 Å². The van der Waals surface area contributed by atoms with Crippen LogP contribution in [0.3, 0.4) is 0 Å². The number of rotatable bonds is 4. The van der Waals surface area contributed by atoms with Gasteiger partial charge in [0.15, 0.2) is 11.5 Å². The van der Waals surface area contributed by atoms with Gasteiger partial charge in [0.05, 0.1) is 6.04 Å². The first-order valence-electron chi connectivity index (χ1n) is 8.87. The highest BCUT2D eigenvalue weighted by atomic mass is 16.2. The Bertz CT molecular complexity index is 884. The van der Waals surface area contributed by atoms with Crippen LogP contribution in [-0.4, -0.2) is 31.9 Å². The molecule has 1 unspecified atom stereocenters. The molecule has 3 heterocycles. The number of carbonyl (C=O) groups is 1. The molecular weight excluding hydrogens is 312 g/mol. The van der Waals surface area contributed by atoms with Gasteiger partial charge in [0.1, 0.15) is 0 Å². The molecule has 3 aromatic rings. The van der Waals surface area contributed by atoms with E-state index in [1.165, 1.54) is 11.1 Å². The smallest absolute Gasteiger partial charge is 0.223 e. The quantitative estimate of drug-likeness (QED) is 0.735. The molecule has 25 heavy (non-hydrogen) atoms. The topological polar surface area (TPSA) is 50.5 Å². The number of aryl methyl sites for hydroxylation is 2. The fourth-order valence-electron chi connectivity index (χ4n) is 3.57. The molecule has 2 aromatic heterocycles. The van der Waals surface area contributed by atoms with Crippen LogP contribution in [0.1, 0.15) is 42.3 Å². The fraction of sp³-hybridized carbons (Fsp3) is 0.350. The first-order valence-corrected chi connectivity index (χ1v) is 8.87. The lowest BCUT2D eigenvalue weighted by Gasteiger charge is -2.23. The number of amides is 1. The average molecular weight is 334 g/mol. The van der Waals surface area contributed by atoms with E-state index in [9.17, 15) is 4.79 Å². The predicted octanol–water partition coefficient (Wildman–Crippen LogP) is 3.33. The maximum absolute atomic E-state index is 12.8. The van der Waals surface area contributed by atoms with Gasteiger partial charge in [0.2, 0.25) is 5.91 Å². The van der Waals surface area contributed by atoms with Crippen LogP contribution in [0.25, 0.3) is 5.65 Å². The maximum atomic E-state index is 12.8. The van der Waals surface area contributed by atoms with E-state index in [4.69, 9.17) is 0 Å². The number of aromatic nitrogens is 3. The number of hydrogen-bond donors (Lipinski definition) is 0. The van der Waals surface area contributed by atoms with Crippen molar-refractivity contribution >= 4 is 11.6 Å². The second-order valence-corrected chi connectivity index (χ2v) is 6.72. The van der Waals surface area contributed by atoms with Crippen molar-refractivity contribution in [2.75, 3.05) is 6.54 Å². The summed E-state index contributed by atoms with van der Waals surface area (Å²) in [7, 11) is 0. The lowest BCUT2D eigenvalue weighted by Crippen LogP contribution is -2.31. The molecule has 1 aliphatic rings. The van der Waals surface area contributed by atoms with Gasteiger partial charge in [-0.05, 0) is 43.9 Å². The second kappa shape index (κ2) is 6.67. The normalized spacial score (nSPS) is 17.3. The molecular formula is C20H22N4O. The van der Waals surface area contributed by atoms with Crippen LogP contribution >= 0.6 is 0 Å². The first-order chi connectivity index (χ1) is 12.2. The van der Waals surface area contributed by atoms with Gasteiger partial charge in [-0.25, -0.2) is 0 Å². The van der Waals surface area contributed by atoms with Gasteiger partial charge in [-0.15, -0.1) is 10.2 Å². The Balaban J connectivity index is 1.49. The molecule has 1 aliphatic heterocycles. The van der Waals surface area contributed by atoms with E-state index in [0.717, 1.165) is 37.3 Å². The minimum Gasteiger partial charge on any atom is -0.332 e. The minimum atomic E-state index is 0.0305. The summed E-state index contributed by atoms with van der Waals surface area (Å²) in [5, 5.41) is 8.59. The Morgan fingerprint density at radius 2 is 2.00 bits per heavy atom. The molecule has 0 spiro atoms. The van der Waals surface area contributed by atoms with Crippen LogP contribution in [0.4, 0.5) is 0 Å². The molecule has 1 fully saturated rings. The Labute approximate surface area is 147 Å². The highest BCUT2D eigenvalue weighted by Crippen LogP contribution is 2.31. The zero-order valence-corrected chi connectivity index (χ0v) is 14.4. The van der Waals surface area contributed by atoms with Gasteiger partial charge >= 0.3 is 0 Å². The number of pyridine rings is 1. The van der Waals surface area contributed by atoms with E-state index >= 15 is 0 Å². The van der Waals surface area contributed by atoms with Crippen LogP contribution in [0.15, 0.2) is 48.7 Å². The van der Waals surface area contributed by atoms with Crippen LogP contribution in [-0.2, 0) is 11.2 Å². The van der Waals surface area contributed by atoms with Gasteiger partial charge < -0.3 is 4.90 Å². The molecule has 5 heteroatoms. The molecule has 1 atom stereocenters. The number of benzene rings is 1. The summed E-state index contributed by atoms with van der Waals surface area (Å²) in [6.07, 6.45) is 5.26. The molecule has 128 valence electrons. The molecule has 1 amide bonds. The molecule has 1 saturated heterocycles. The molecule has 0 saturated carbocycles. The molecule has 4 rings (SSSR count). The minimum absolute atomic E-state index is 0.0305. The van der Waals surface area contributed by atoms with E-state index in [-0.39, 0.29) is 11.9 Å². The highest BCUT2D eigenvalue weighted by molar-refractivity contribution is 5.77. The van der Waals surface area contributed by atoms with Crippen molar-refractivity contribution in [2.24, 2.45) is 0 Å². The zero-order chi connectivity index (χ0) is 17.2. The van der Waals surface area contributed by atoms with Crippen LogP contribution in [0, 0.1) is 6.92 Å². The van der Waals surface area contributed by atoms with Crippen molar-refractivity contribution < 1.29 is 4.79 Å². The van der Waals surface area contributed by atoms with E-state index in [0.29, 0.717) is 6.42 Å². The number of carbonyl (C=O) groups excluding carboxylic acids is 1. The van der Waals surface area contributed by atoms with E-state index < -0.39 is 0 Å². The number of fused-ring (bicyclic) bond motifs is 1. The third-order valence-corrected chi connectivity index (χ3v) is 4.96. The van der Waals surface area contributed by atoms with Crippen molar-refractivity contribution in [3.8, 4) is 0 Å². The summed E-state index contributed by atoms with van der Waals surface area (Å²) in [6.45, 7) is 2.88. The summed E-state index contributed by atoms with van der Waals surface area (Å²) in [6, 6.07) is 14.3. The first kappa shape index (κ1) is 15.8. The SMILES string of the molecule is Cc1ccc(CCC(=O)N2CCCC2c2nnc3ccccn23)cc1. The van der Waals surface area contributed by atoms with E-state index in [1.807, 2.05) is 33.7 Å². The number of nitrogens with zero attached hydrogens (tertiary/aromatic N) is 4. The third-order valence-electron chi connectivity index (χ3n) is 4.96. The standard InChI is InChI=1S/C20H22N4O/c1-15-7-9-16(10-8-15)11-12-19(25)23-14-4-5-17(23)20-22-21-18-6-2-3-13-24(18)20/h2-3,6-10,13,17H,4-5,11-12,14H2,1H3. The molecule has 0 aliphatic carbocycles. The summed E-state index contributed by atoms with van der Waals surface area (Å²) in [5.74, 6) is 1.08. The van der Waals surface area contributed by atoms with Gasteiger partial charge in [-0.3, -0.25) is 9.20 Å². The maximum Gasteiger partial charge on any atom is 0.223 e. The van der Waals surface area contributed by atoms with Gasteiger partial charge in [0, 0.05) is 19.2 Å². The van der Waals surface area contributed by atoms with Gasteiger partial charge in [0.25, 0.3) is 0 Å². The fourth-order valence-corrected chi connectivity index (χ4v) is 3.57. The van der Waals surface area contributed by atoms with E-state index in [1.54, 1.807) is 0 Å². The van der Waals surface area contributed by atoms with E-state index in [2.05, 4.69) is 41.4 Å². The lowest BCUT2D eigenvalue weighted by atomic mass is 10.1. The van der Waals surface area contributed by atoms with Crippen molar-refractivity contribution in [3.05, 3.63) is 65.6 Å². The van der Waals surface area contributed by atoms with Crippen molar-refractivity contribution in [1.29, 1.82) is 0 Å². The third kappa shape index (κ3) is 3.14. The van der Waals surface area contributed by atoms with Crippen LogP contribution in [0.5, 0.6) is 0 Å². The monoisotopic (exact) mass is 334 g/mol. The Morgan fingerprint density at radius 1 is 1.16 bits per heavy atom. The number of likely N-dealkylation sites (tertiary alicyclic amines) is 1. The largest absolute Gasteiger partial charge is 0.332 e. The Kier molecular flexibility index (Phi) is 4.22. The van der Waals surface area contributed by atoms with Gasteiger partial charge in [-0.2, -0.15) is 0 Å². The summed E-state index contributed by atoms with van der Waals surface area (Å²) >= 11 is 0. The highest BCUT2D eigenvalue weighted by Gasteiger charge is 2.32. The molecule has 0 N–H and O–H groups in total. The van der Waals surface area contributed by atoms with Gasteiger partial charge in [-0.1, -0.05) is 35.9 Å². The average Bonchev–Trinajstić information content (AvgIpc) is 3.27. The van der Waals surface area contributed by atoms with Crippen LogP contribution in [0.2, 0.25) is 0 Å². The summed E-state index contributed by atoms with van der Waals surface area (Å²) < 4.78 is 2.00. The summed E-state index contributed by atoms with van der Waals surface area (Å²) in [4.78, 5) is 14.8. The Morgan fingerprint density at radius 3 is 2.84 bits per heavy atom. The zero-order valence-electron chi connectivity index (χ0n) is 14.4. The summed E-state index contributed by atoms with van der Waals surface area (Å²) in [5.41, 5.74) is 3.28. The predicted molar refractivity (Wildman–Crippen MR) is 96.2 cm³/mol. The van der Waals surface area contributed by atoms with Crippen molar-refractivity contribution in [2.45, 2.75) is 38.6 Å². The molecule has 0 bridgehead atoms. The number of hydrogen-bond acceptors (Lipinski definition) is 3. The molecule has 0 radical (unpaired) electrons. The molecule has 5 nitrogen and oxygen atoms in total. The lowest BCUT2D eigenvalue weighted by molar-refractivity contribution is -0.132. The second-order valence-electron chi connectivity index (χ2n) is 6.72. The molecule has 1 aromatic carbocycles. The van der Waals surface area contributed by atoms with Crippen molar-refractivity contribution in [3.63, 3.8) is 0 Å².